The number of benzene rings is 1. The van der Waals surface area contributed by atoms with E-state index < -0.39 is 6.04 Å². The van der Waals surface area contributed by atoms with E-state index in [1.165, 1.54) is 6.26 Å². The van der Waals surface area contributed by atoms with E-state index in [-0.39, 0.29) is 12.5 Å². The van der Waals surface area contributed by atoms with Crippen LogP contribution >= 0.6 is 27.5 Å². The Bertz CT molecular complexity index is 571. The van der Waals surface area contributed by atoms with Crippen LogP contribution in [-0.4, -0.2) is 17.6 Å². The summed E-state index contributed by atoms with van der Waals surface area (Å²) in [6.45, 7) is -0.259. The number of amides is 1. The number of halogens is 2. The van der Waals surface area contributed by atoms with Crippen molar-refractivity contribution in [3.63, 3.8) is 0 Å². The zero-order valence-corrected chi connectivity index (χ0v) is 12.1. The highest BCUT2D eigenvalue weighted by molar-refractivity contribution is 9.10. The predicted molar refractivity (Wildman–Crippen MR) is 75.2 cm³/mol. The number of carbonyl (C=O) groups excluding carboxylic acids is 1. The monoisotopic (exact) mass is 343 g/mol. The van der Waals surface area contributed by atoms with Gasteiger partial charge in [-0.15, -0.1) is 0 Å². The van der Waals surface area contributed by atoms with Gasteiger partial charge >= 0.3 is 0 Å². The van der Waals surface area contributed by atoms with Crippen LogP contribution in [0.3, 0.4) is 0 Å². The Morgan fingerprint density at radius 2 is 2.21 bits per heavy atom. The molecule has 4 nitrogen and oxygen atoms in total. The number of aliphatic hydroxyl groups is 1. The molecule has 0 bridgehead atoms. The first-order valence-electron chi connectivity index (χ1n) is 5.52. The maximum Gasteiger partial charge on any atom is 0.253 e. The summed E-state index contributed by atoms with van der Waals surface area (Å²) in [6, 6.07) is 7.84. The minimum Gasteiger partial charge on any atom is -0.467 e. The lowest BCUT2D eigenvalue weighted by atomic mass is 10.1. The van der Waals surface area contributed by atoms with Gasteiger partial charge in [0.25, 0.3) is 5.91 Å². The molecule has 2 rings (SSSR count). The Hall–Kier alpha value is -1.30. The third-order valence-corrected chi connectivity index (χ3v) is 3.87. The Kier molecular flexibility index (Phi) is 4.63. The van der Waals surface area contributed by atoms with Gasteiger partial charge in [-0.2, -0.15) is 0 Å². The minimum absolute atomic E-state index is 0.259. The minimum atomic E-state index is -0.599. The standard InChI is InChI=1S/C13H11BrClNO3/c14-9-4-1-3-8(12(9)15)13(18)16-10(7-17)11-5-2-6-19-11/h1-6,10,17H,7H2,(H,16,18)/t10-/m0/s1. The Balaban J connectivity index is 2.18. The zero-order chi connectivity index (χ0) is 13.8. The van der Waals surface area contributed by atoms with Crippen molar-refractivity contribution < 1.29 is 14.3 Å². The van der Waals surface area contributed by atoms with Gasteiger partial charge in [-0.3, -0.25) is 4.79 Å². The van der Waals surface area contributed by atoms with Crippen molar-refractivity contribution in [3.05, 3.63) is 57.4 Å². The highest BCUT2D eigenvalue weighted by Crippen LogP contribution is 2.26. The fourth-order valence-corrected chi connectivity index (χ4v) is 2.19. The lowest BCUT2D eigenvalue weighted by molar-refractivity contribution is 0.0907. The molecule has 1 amide bonds. The lowest BCUT2D eigenvalue weighted by Crippen LogP contribution is -2.30. The summed E-state index contributed by atoms with van der Waals surface area (Å²) in [4.78, 5) is 12.1. The maximum atomic E-state index is 12.1. The van der Waals surface area contributed by atoms with E-state index in [4.69, 9.17) is 16.0 Å². The molecule has 0 spiro atoms. The molecule has 100 valence electrons. The predicted octanol–water partition coefficient (Wildman–Crippen LogP) is 3.16. The van der Waals surface area contributed by atoms with E-state index in [0.29, 0.717) is 20.8 Å². The van der Waals surface area contributed by atoms with Crippen LogP contribution in [0.4, 0.5) is 0 Å². The summed E-state index contributed by atoms with van der Waals surface area (Å²) >= 11 is 9.30. The molecule has 0 saturated heterocycles. The summed E-state index contributed by atoms with van der Waals surface area (Å²) in [5.41, 5.74) is 0.334. The number of hydrogen-bond acceptors (Lipinski definition) is 3. The van der Waals surface area contributed by atoms with Crippen molar-refractivity contribution in [1.82, 2.24) is 5.32 Å². The average Bonchev–Trinajstić information content (AvgIpc) is 2.92. The third kappa shape index (κ3) is 3.18. The fraction of sp³-hybridized carbons (Fsp3) is 0.154. The first-order chi connectivity index (χ1) is 9.13. The SMILES string of the molecule is O=C(N[C@@H](CO)c1ccco1)c1cccc(Br)c1Cl. The van der Waals surface area contributed by atoms with Crippen molar-refractivity contribution in [2.24, 2.45) is 0 Å². The molecule has 1 aromatic carbocycles. The molecule has 1 aromatic heterocycles. The van der Waals surface area contributed by atoms with Crippen LogP contribution in [-0.2, 0) is 0 Å². The number of carbonyl (C=O) groups is 1. The maximum absolute atomic E-state index is 12.1. The van der Waals surface area contributed by atoms with Crippen molar-refractivity contribution in [2.45, 2.75) is 6.04 Å². The molecule has 0 fully saturated rings. The molecule has 0 saturated carbocycles. The van der Waals surface area contributed by atoms with Crippen molar-refractivity contribution in [3.8, 4) is 0 Å². The molecule has 0 unspecified atom stereocenters. The second-order valence-corrected chi connectivity index (χ2v) is 5.06. The van der Waals surface area contributed by atoms with Gasteiger partial charge in [0.15, 0.2) is 0 Å². The van der Waals surface area contributed by atoms with Crippen LogP contribution < -0.4 is 5.32 Å². The zero-order valence-electron chi connectivity index (χ0n) is 9.77. The average molecular weight is 345 g/mol. The first kappa shape index (κ1) is 14.1. The van der Waals surface area contributed by atoms with E-state index in [1.54, 1.807) is 30.3 Å². The molecule has 0 aliphatic heterocycles. The van der Waals surface area contributed by atoms with Crippen molar-refractivity contribution in [1.29, 1.82) is 0 Å². The third-order valence-electron chi connectivity index (χ3n) is 2.57. The highest BCUT2D eigenvalue weighted by Gasteiger charge is 2.19. The van der Waals surface area contributed by atoms with Gasteiger partial charge in [0.05, 0.1) is 23.5 Å². The van der Waals surface area contributed by atoms with Gasteiger partial charge in [0.1, 0.15) is 11.8 Å². The van der Waals surface area contributed by atoms with Crippen LogP contribution in [0.25, 0.3) is 0 Å². The number of hydrogen-bond donors (Lipinski definition) is 2. The number of aliphatic hydroxyl groups excluding tert-OH is 1. The molecular formula is C13H11BrClNO3. The summed E-state index contributed by atoms with van der Waals surface area (Å²) < 4.78 is 5.80. The van der Waals surface area contributed by atoms with Crippen molar-refractivity contribution >= 4 is 33.4 Å². The highest BCUT2D eigenvalue weighted by atomic mass is 79.9. The summed E-state index contributed by atoms with van der Waals surface area (Å²) in [6.07, 6.45) is 1.48. The quantitative estimate of drug-likeness (QED) is 0.895. The fourth-order valence-electron chi connectivity index (χ4n) is 1.61. The van der Waals surface area contributed by atoms with Crippen LogP contribution in [0.2, 0.25) is 5.02 Å². The van der Waals surface area contributed by atoms with Gasteiger partial charge in [0.2, 0.25) is 0 Å². The number of nitrogens with one attached hydrogen (secondary N) is 1. The molecule has 0 radical (unpaired) electrons. The molecule has 2 N–H and O–H groups in total. The molecule has 1 atom stereocenters. The van der Waals surface area contributed by atoms with Gasteiger partial charge in [-0.25, -0.2) is 0 Å². The second kappa shape index (κ2) is 6.23. The van der Waals surface area contributed by atoms with Crippen molar-refractivity contribution in [2.75, 3.05) is 6.61 Å². The Labute approximate surface area is 123 Å². The number of rotatable bonds is 4. The van der Waals surface area contributed by atoms with E-state index in [2.05, 4.69) is 21.2 Å². The van der Waals surface area contributed by atoms with E-state index in [1.807, 2.05) is 0 Å². The van der Waals surface area contributed by atoms with Crippen LogP contribution in [0.15, 0.2) is 45.5 Å². The smallest absolute Gasteiger partial charge is 0.253 e. The van der Waals surface area contributed by atoms with E-state index in [0.717, 1.165) is 0 Å². The molecule has 0 aliphatic carbocycles. The topological polar surface area (TPSA) is 62.5 Å². The molecule has 6 heteroatoms. The molecule has 2 aromatic rings. The summed E-state index contributed by atoms with van der Waals surface area (Å²) in [5, 5.41) is 12.3. The first-order valence-corrected chi connectivity index (χ1v) is 6.69. The van der Waals surface area contributed by atoms with Gasteiger partial charge in [0, 0.05) is 4.47 Å². The van der Waals surface area contributed by atoms with Gasteiger partial charge < -0.3 is 14.8 Å². The molecule has 0 aliphatic rings. The van der Waals surface area contributed by atoms with Gasteiger partial charge in [-0.1, -0.05) is 17.7 Å². The van der Waals surface area contributed by atoms with E-state index >= 15 is 0 Å². The normalized spacial score (nSPS) is 12.2. The van der Waals surface area contributed by atoms with Crippen LogP contribution in [0.5, 0.6) is 0 Å². The summed E-state index contributed by atoms with van der Waals surface area (Å²) in [5.74, 6) is 0.115. The lowest BCUT2D eigenvalue weighted by Gasteiger charge is -2.14. The van der Waals surface area contributed by atoms with Crippen LogP contribution in [0, 0.1) is 0 Å². The molecule has 1 heterocycles. The second-order valence-electron chi connectivity index (χ2n) is 3.83. The largest absolute Gasteiger partial charge is 0.467 e. The van der Waals surface area contributed by atoms with Gasteiger partial charge in [-0.05, 0) is 40.2 Å². The van der Waals surface area contributed by atoms with E-state index in [9.17, 15) is 9.90 Å². The molecular weight excluding hydrogens is 334 g/mol. The molecule has 19 heavy (non-hydrogen) atoms. The Morgan fingerprint density at radius 1 is 1.42 bits per heavy atom. The summed E-state index contributed by atoms with van der Waals surface area (Å²) in [7, 11) is 0. The number of furan rings is 1. The Morgan fingerprint density at radius 3 is 2.84 bits per heavy atom. The van der Waals surface area contributed by atoms with Crippen LogP contribution in [0.1, 0.15) is 22.2 Å².